The van der Waals surface area contributed by atoms with Crippen molar-refractivity contribution in [3.05, 3.63) is 36.8 Å². The Kier molecular flexibility index (Phi) is 5.81. The summed E-state index contributed by atoms with van der Waals surface area (Å²) in [6.45, 7) is 10.6. The quantitative estimate of drug-likeness (QED) is 0.522. The molecule has 0 aliphatic rings. The molecule has 0 saturated heterocycles. The van der Waals surface area contributed by atoms with Crippen LogP contribution in [0.2, 0.25) is 0 Å². The van der Waals surface area contributed by atoms with Gasteiger partial charge in [-0.1, -0.05) is 13.0 Å². The van der Waals surface area contributed by atoms with Crippen molar-refractivity contribution in [3.8, 4) is 0 Å². The second-order valence-electron chi connectivity index (χ2n) is 3.44. The molecule has 0 saturated carbocycles. The molecular formula is C12H20N2O. The lowest BCUT2D eigenvalue weighted by molar-refractivity contribution is 0.257. The van der Waals surface area contributed by atoms with Crippen LogP contribution in [-0.2, 0) is 6.54 Å². The average molecular weight is 208 g/mol. The zero-order chi connectivity index (χ0) is 10.9. The van der Waals surface area contributed by atoms with E-state index in [1.165, 1.54) is 0 Å². The number of furan rings is 1. The minimum absolute atomic E-state index is 0.873. The SMILES string of the molecule is C=CCNCCN(CC)Cc1ccco1. The lowest BCUT2D eigenvalue weighted by atomic mass is 10.4. The third-order valence-corrected chi connectivity index (χ3v) is 2.30. The van der Waals surface area contributed by atoms with Crippen molar-refractivity contribution in [2.45, 2.75) is 13.5 Å². The molecule has 0 aromatic carbocycles. The molecule has 1 heterocycles. The topological polar surface area (TPSA) is 28.4 Å². The lowest BCUT2D eigenvalue weighted by Gasteiger charge is -2.18. The third-order valence-electron chi connectivity index (χ3n) is 2.30. The Balaban J connectivity index is 2.20. The molecule has 1 aromatic heterocycles. The minimum Gasteiger partial charge on any atom is -0.468 e. The molecule has 0 aliphatic heterocycles. The number of hydrogen-bond acceptors (Lipinski definition) is 3. The summed E-state index contributed by atoms with van der Waals surface area (Å²) in [5.41, 5.74) is 0. The highest BCUT2D eigenvalue weighted by Gasteiger charge is 2.04. The molecule has 3 heteroatoms. The van der Waals surface area contributed by atoms with Gasteiger partial charge >= 0.3 is 0 Å². The van der Waals surface area contributed by atoms with E-state index in [-0.39, 0.29) is 0 Å². The zero-order valence-corrected chi connectivity index (χ0v) is 9.41. The van der Waals surface area contributed by atoms with Crippen LogP contribution < -0.4 is 5.32 Å². The van der Waals surface area contributed by atoms with Crippen molar-refractivity contribution in [3.63, 3.8) is 0 Å². The second-order valence-corrected chi connectivity index (χ2v) is 3.44. The Morgan fingerprint density at radius 3 is 3.07 bits per heavy atom. The first kappa shape index (κ1) is 12.0. The summed E-state index contributed by atoms with van der Waals surface area (Å²) in [6.07, 6.45) is 3.60. The van der Waals surface area contributed by atoms with Crippen molar-refractivity contribution in [2.24, 2.45) is 0 Å². The molecule has 0 amide bonds. The van der Waals surface area contributed by atoms with Gasteiger partial charge in [0.15, 0.2) is 0 Å². The molecule has 0 radical (unpaired) electrons. The summed E-state index contributed by atoms with van der Waals surface area (Å²) in [6, 6.07) is 3.94. The molecule has 15 heavy (non-hydrogen) atoms. The Morgan fingerprint density at radius 1 is 1.60 bits per heavy atom. The van der Waals surface area contributed by atoms with E-state index >= 15 is 0 Å². The number of hydrogen-bond donors (Lipinski definition) is 1. The van der Waals surface area contributed by atoms with Crippen LogP contribution in [-0.4, -0.2) is 31.1 Å². The molecule has 0 bridgehead atoms. The summed E-state index contributed by atoms with van der Waals surface area (Å²) in [4.78, 5) is 2.34. The van der Waals surface area contributed by atoms with E-state index in [0.29, 0.717) is 0 Å². The Labute approximate surface area is 91.8 Å². The summed E-state index contributed by atoms with van der Waals surface area (Å²) in [7, 11) is 0. The normalized spacial score (nSPS) is 10.8. The molecule has 0 aliphatic carbocycles. The van der Waals surface area contributed by atoms with Crippen molar-refractivity contribution in [1.29, 1.82) is 0 Å². The first-order chi connectivity index (χ1) is 7.36. The molecule has 0 atom stereocenters. The Hall–Kier alpha value is -1.06. The number of nitrogens with zero attached hydrogens (tertiary/aromatic N) is 1. The molecule has 0 spiro atoms. The fourth-order valence-electron chi connectivity index (χ4n) is 1.41. The fourth-order valence-corrected chi connectivity index (χ4v) is 1.41. The van der Waals surface area contributed by atoms with Crippen LogP contribution in [0.25, 0.3) is 0 Å². The molecule has 1 aromatic rings. The fraction of sp³-hybridized carbons (Fsp3) is 0.500. The first-order valence-electron chi connectivity index (χ1n) is 5.43. The van der Waals surface area contributed by atoms with E-state index < -0.39 is 0 Å². The van der Waals surface area contributed by atoms with Gasteiger partial charge in [0.2, 0.25) is 0 Å². The maximum atomic E-state index is 5.32. The van der Waals surface area contributed by atoms with Gasteiger partial charge in [0.25, 0.3) is 0 Å². The first-order valence-corrected chi connectivity index (χ1v) is 5.43. The van der Waals surface area contributed by atoms with Crippen molar-refractivity contribution < 1.29 is 4.42 Å². The van der Waals surface area contributed by atoms with Gasteiger partial charge in [-0.15, -0.1) is 6.58 Å². The molecular weight excluding hydrogens is 188 g/mol. The summed E-state index contributed by atoms with van der Waals surface area (Å²) >= 11 is 0. The molecule has 0 fully saturated rings. The number of likely N-dealkylation sites (N-methyl/N-ethyl adjacent to an activating group) is 1. The Morgan fingerprint density at radius 2 is 2.47 bits per heavy atom. The van der Waals surface area contributed by atoms with Gasteiger partial charge < -0.3 is 9.73 Å². The molecule has 3 nitrogen and oxygen atoms in total. The Bertz CT molecular complexity index is 257. The van der Waals surface area contributed by atoms with E-state index in [1.54, 1.807) is 6.26 Å². The van der Waals surface area contributed by atoms with E-state index in [4.69, 9.17) is 4.42 Å². The van der Waals surface area contributed by atoms with E-state index in [1.807, 2.05) is 18.2 Å². The summed E-state index contributed by atoms with van der Waals surface area (Å²) < 4.78 is 5.32. The van der Waals surface area contributed by atoms with Crippen LogP contribution in [0.5, 0.6) is 0 Å². The highest BCUT2D eigenvalue weighted by Crippen LogP contribution is 2.04. The van der Waals surface area contributed by atoms with Crippen LogP contribution in [0.15, 0.2) is 35.5 Å². The maximum Gasteiger partial charge on any atom is 0.117 e. The van der Waals surface area contributed by atoms with Gasteiger partial charge in [-0.2, -0.15) is 0 Å². The highest BCUT2D eigenvalue weighted by atomic mass is 16.3. The van der Waals surface area contributed by atoms with Gasteiger partial charge in [-0.05, 0) is 18.7 Å². The largest absolute Gasteiger partial charge is 0.468 e. The molecule has 1 N–H and O–H groups in total. The van der Waals surface area contributed by atoms with Crippen LogP contribution in [0, 0.1) is 0 Å². The van der Waals surface area contributed by atoms with E-state index in [2.05, 4.69) is 23.7 Å². The lowest BCUT2D eigenvalue weighted by Crippen LogP contribution is -2.31. The van der Waals surface area contributed by atoms with Crippen LogP contribution in [0.3, 0.4) is 0 Å². The van der Waals surface area contributed by atoms with Gasteiger partial charge in [0.05, 0.1) is 12.8 Å². The predicted octanol–water partition coefficient (Wildman–Crippen LogP) is 1.88. The summed E-state index contributed by atoms with van der Waals surface area (Å²) in [5.74, 6) is 1.03. The van der Waals surface area contributed by atoms with Crippen LogP contribution in [0.1, 0.15) is 12.7 Å². The van der Waals surface area contributed by atoms with E-state index in [9.17, 15) is 0 Å². The van der Waals surface area contributed by atoms with Gasteiger partial charge in [0, 0.05) is 19.6 Å². The number of nitrogens with one attached hydrogen (secondary N) is 1. The second kappa shape index (κ2) is 7.26. The molecule has 84 valence electrons. The monoisotopic (exact) mass is 208 g/mol. The summed E-state index contributed by atoms with van der Waals surface area (Å²) in [5, 5.41) is 3.29. The van der Waals surface area contributed by atoms with Crippen molar-refractivity contribution in [1.82, 2.24) is 10.2 Å². The highest BCUT2D eigenvalue weighted by molar-refractivity contribution is 4.97. The van der Waals surface area contributed by atoms with Crippen molar-refractivity contribution >= 4 is 0 Å². The zero-order valence-electron chi connectivity index (χ0n) is 9.41. The number of rotatable bonds is 8. The maximum absolute atomic E-state index is 5.32. The van der Waals surface area contributed by atoms with Gasteiger partial charge in [-0.3, -0.25) is 4.90 Å². The van der Waals surface area contributed by atoms with Crippen molar-refractivity contribution in [2.75, 3.05) is 26.2 Å². The van der Waals surface area contributed by atoms with Gasteiger partial charge in [0.1, 0.15) is 5.76 Å². The molecule has 0 unspecified atom stereocenters. The third kappa shape index (κ3) is 4.81. The minimum atomic E-state index is 0.873. The van der Waals surface area contributed by atoms with Gasteiger partial charge in [-0.25, -0.2) is 0 Å². The molecule has 1 rings (SSSR count). The average Bonchev–Trinajstić information content (AvgIpc) is 2.75. The standard InChI is InChI=1S/C12H20N2O/c1-3-7-13-8-9-14(4-2)11-12-6-5-10-15-12/h3,5-6,10,13H,1,4,7-9,11H2,2H3. The van der Waals surface area contributed by atoms with Crippen LogP contribution >= 0.6 is 0 Å². The predicted molar refractivity (Wildman–Crippen MR) is 62.7 cm³/mol. The smallest absolute Gasteiger partial charge is 0.117 e. The van der Waals surface area contributed by atoms with Crippen LogP contribution in [0.4, 0.5) is 0 Å². The van der Waals surface area contributed by atoms with E-state index in [0.717, 1.165) is 38.5 Å².